The molecule has 0 aliphatic heterocycles. The number of furan rings is 1. The molecule has 21 heavy (non-hydrogen) atoms. The second-order valence-electron chi connectivity index (χ2n) is 4.62. The van der Waals surface area contributed by atoms with Gasteiger partial charge in [-0.15, -0.1) is 10.9 Å². The summed E-state index contributed by atoms with van der Waals surface area (Å²) < 4.78 is 6.22. The first-order chi connectivity index (χ1) is 9.77. The summed E-state index contributed by atoms with van der Waals surface area (Å²) in [5.74, 6) is 0. The summed E-state index contributed by atoms with van der Waals surface area (Å²) in [5, 5.41) is 1.24. The molecule has 86 valence electrons. The molecule has 0 aliphatic carbocycles. The van der Waals surface area contributed by atoms with Gasteiger partial charge in [0.25, 0.3) is 0 Å². The van der Waals surface area contributed by atoms with Crippen LogP contribution in [0, 0.1) is 0 Å². The van der Waals surface area contributed by atoms with Gasteiger partial charge in [-0.25, -0.2) is 0 Å². The molecule has 9 heteroatoms. The molecule has 3 aromatic rings. The van der Waals surface area contributed by atoms with E-state index in [1.807, 2.05) is 0 Å². The number of fused-ring (bicyclic) bond motifs is 3. The molecule has 0 aliphatic rings. The van der Waals surface area contributed by atoms with E-state index in [4.69, 9.17) is 63.1 Å². The molecule has 0 fully saturated rings. The Kier molecular flexibility index (Phi) is 3.61. The minimum absolute atomic E-state index is 0.160. The van der Waals surface area contributed by atoms with Gasteiger partial charge >= 0.3 is 0 Å². The van der Waals surface area contributed by atoms with Crippen molar-refractivity contribution in [1.82, 2.24) is 0 Å². The van der Waals surface area contributed by atoms with Crippen molar-refractivity contribution in [2.75, 3.05) is 0 Å². The van der Waals surface area contributed by atoms with Crippen LogP contribution in [0.3, 0.4) is 0 Å². The average molecular weight is 340 g/mol. The van der Waals surface area contributed by atoms with Crippen LogP contribution in [-0.4, -0.2) is 47.1 Å². The molecule has 1 nitrogen and oxygen atoms in total. The van der Waals surface area contributed by atoms with E-state index in [-0.39, 0.29) is 37.8 Å². The van der Waals surface area contributed by atoms with Crippen molar-refractivity contribution < 1.29 is 4.42 Å². The van der Waals surface area contributed by atoms with Crippen molar-refractivity contribution in [2.24, 2.45) is 0 Å². The van der Waals surface area contributed by atoms with Gasteiger partial charge in [0.1, 0.15) is 58.2 Å². The van der Waals surface area contributed by atoms with Crippen LogP contribution >= 0.6 is 27.5 Å². The second-order valence-corrected chi connectivity index (χ2v) is 5.79. The van der Waals surface area contributed by atoms with Gasteiger partial charge in [-0.1, -0.05) is 43.9 Å². The molecule has 0 atom stereocenters. The van der Waals surface area contributed by atoms with Gasteiger partial charge in [-0.2, -0.15) is 0 Å². The zero-order valence-corrected chi connectivity index (χ0v) is 13.0. The van der Waals surface area contributed by atoms with E-state index in [1.54, 1.807) is 0 Å². The molecular formula is C12B6BrClO. The molecule has 2 aromatic carbocycles. The van der Waals surface area contributed by atoms with Gasteiger partial charge in [0.2, 0.25) is 0 Å². The summed E-state index contributed by atoms with van der Waals surface area (Å²) in [4.78, 5) is 0. The van der Waals surface area contributed by atoms with Crippen molar-refractivity contribution in [3.8, 4) is 0 Å². The Balaban J connectivity index is 2.73. The Morgan fingerprint density at radius 3 is 1.81 bits per heavy atom. The van der Waals surface area contributed by atoms with Crippen LogP contribution in [-0.2, 0) is 0 Å². The average Bonchev–Trinajstić information content (AvgIpc) is 2.87. The molecule has 0 saturated carbocycles. The van der Waals surface area contributed by atoms with Crippen molar-refractivity contribution in [3.05, 3.63) is 9.50 Å². The number of hydrogen-bond donors (Lipinski definition) is 0. The number of halogens is 2. The zero-order valence-electron chi connectivity index (χ0n) is 10.6. The van der Waals surface area contributed by atoms with Crippen LogP contribution in [0.15, 0.2) is 8.89 Å². The largest absolute Gasteiger partial charge is 0.457 e. The fourth-order valence-corrected chi connectivity index (χ4v) is 3.17. The first kappa shape index (κ1) is 15.3. The number of hydrogen-bond acceptors (Lipinski definition) is 1. The quantitative estimate of drug-likeness (QED) is 0.422. The Morgan fingerprint density at radius 2 is 1.19 bits per heavy atom. The molecule has 0 saturated heterocycles. The van der Waals surface area contributed by atoms with E-state index in [0.717, 1.165) is 0 Å². The van der Waals surface area contributed by atoms with Crippen LogP contribution in [0.25, 0.3) is 21.9 Å². The Morgan fingerprint density at radius 1 is 0.667 bits per heavy atom. The number of rotatable bonds is 0. The maximum Gasteiger partial charge on any atom is 0.130 e. The lowest BCUT2D eigenvalue weighted by Gasteiger charge is -2.12. The van der Waals surface area contributed by atoms with E-state index in [0.29, 0.717) is 26.4 Å². The SMILES string of the molecule is [B]c1c([B])c([B])c2c(oc3c([B])c(Cl)c([B])c(Br)c32)c1[B]. The van der Waals surface area contributed by atoms with Crippen molar-refractivity contribution in [3.63, 3.8) is 0 Å². The second kappa shape index (κ2) is 4.96. The van der Waals surface area contributed by atoms with Crippen LogP contribution in [0.4, 0.5) is 0 Å². The van der Waals surface area contributed by atoms with Crippen LogP contribution < -0.4 is 32.8 Å². The third-order valence-corrected chi connectivity index (χ3v) is 4.70. The standard InChI is InChI=1S/C12B6BrClO/c13-3-1-2-9(19)7(17)10(20)8(18)12(2)21-11(1)6(16)5(15)4(3)14. The fraction of sp³-hybridized carbons (Fsp3) is 0. The van der Waals surface area contributed by atoms with Crippen molar-refractivity contribution >= 4 is 129 Å². The Bertz CT molecular complexity index is 861. The van der Waals surface area contributed by atoms with Gasteiger partial charge in [-0.3, -0.25) is 0 Å². The summed E-state index contributed by atoms with van der Waals surface area (Å²) in [5.41, 5.74) is 1.86. The van der Waals surface area contributed by atoms with Gasteiger partial charge in [0, 0.05) is 20.3 Å². The number of benzene rings is 2. The maximum absolute atomic E-state index is 6.08. The fourth-order valence-electron chi connectivity index (χ4n) is 2.30. The summed E-state index contributed by atoms with van der Waals surface area (Å²) in [7, 11) is 35.6. The topological polar surface area (TPSA) is 13.1 Å². The molecule has 0 N–H and O–H groups in total. The minimum atomic E-state index is 0.160. The lowest BCUT2D eigenvalue weighted by atomic mass is 9.65. The first-order valence-corrected chi connectivity index (χ1v) is 6.94. The Labute approximate surface area is 143 Å². The first-order valence-electron chi connectivity index (χ1n) is 5.77. The highest BCUT2D eigenvalue weighted by molar-refractivity contribution is 9.10. The predicted molar refractivity (Wildman–Crippen MR) is 98.8 cm³/mol. The highest BCUT2D eigenvalue weighted by Gasteiger charge is 2.20. The summed E-state index contributed by atoms with van der Waals surface area (Å²) in [6.45, 7) is 0. The third-order valence-electron chi connectivity index (χ3n) is 3.47. The maximum atomic E-state index is 6.08. The molecular weight excluding hydrogens is 340 g/mol. The van der Waals surface area contributed by atoms with Gasteiger partial charge < -0.3 is 4.42 Å². The van der Waals surface area contributed by atoms with E-state index >= 15 is 0 Å². The van der Waals surface area contributed by atoms with Crippen molar-refractivity contribution in [2.45, 2.75) is 0 Å². The molecule has 1 heterocycles. The van der Waals surface area contributed by atoms with Crippen LogP contribution in [0.5, 0.6) is 0 Å². The highest BCUT2D eigenvalue weighted by Crippen LogP contribution is 2.31. The van der Waals surface area contributed by atoms with E-state index in [9.17, 15) is 0 Å². The zero-order chi connectivity index (χ0) is 15.6. The minimum Gasteiger partial charge on any atom is -0.457 e. The smallest absolute Gasteiger partial charge is 0.130 e. The summed E-state index contributed by atoms with van der Waals surface area (Å²) in [6, 6.07) is 0. The van der Waals surface area contributed by atoms with Crippen LogP contribution in [0.1, 0.15) is 0 Å². The molecule has 0 unspecified atom stereocenters. The predicted octanol–water partition coefficient (Wildman–Crippen LogP) is -2.24. The van der Waals surface area contributed by atoms with Gasteiger partial charge in [0.15, 0.2) is 0 Å². The van der Waals surface area contributed by atoms with E-state index in [1.165, 1.54) is 0 Å². The third kappa shape index (κ3) is 1.91. The van der Waals surface area contributed by atoms with Gasteiger partial charge in [-0.05, 0) is 5.46 Å². The summed E-state index contributed by atoms with van der Waals surface area (Å²) >= 11 is 9.45. The van der Waals surface area contributed by atoms with E-state index in [2.05, 4.69) is 15.9 Å². The van der Waals surface area contributed by atoms with Gasteiger partial charge in [0.05, 0.1) is 0 Å². The summed E-state index contributed by atoms with van der Waals surface area (Å²) in [6.07, 6.45) is 0. The highest BCUT2D eigenvalue weighted by atomic mass is 79.9. The van der Waals surface area contributed by atoms with E-state index < -0.39 is 0 Å². The molecule has 12 radical (unpaired) electrons. The molecule has 3 rings (SSSR count). The monoisotopic (exact) mass is 340 g/mol. The molecule has 1 aromatic heterocycles. The lowest BCUT2D eigenvalue weighted by molar-refractivity contribution is 0.674. The molecule has 0 spiro atoms. The molecule has 0 amide bonds. The molecule has 0 bridgehead atoms. The lowest BCUT2D eigenvalue weighted by Crippen LogP contribution is -2.47. The Hall–Kier alpha value is -0.600. The van der Waals surface area contributed by atoms with Crippen molar-refractivity contribution in [1.29, 1.82) is 0 Å². The normalized spacial score (nSPS) is 11.5. The van der Waals surface area contributed by atoms with Crippen LogP contribution in [0.2, 0.25) is 5.02 Å².